The van der Waals surface area contributed by atoms with Crippen LogP contribution in [0, 0.1) is 12.7 Å². The van der Waals surface area contributed by atoms with Gasteiger partial charge in [0.1, 0.15) is 12.4 Å². The van der Waals surface area contributed by atoms with Gasteiger partial charge in [-0.05, 0) is 30.7 Å². The SMILES string of the molecule is Cc1cc(C(=O)NCCOCC(N)=O)ccc1F. The largest absolute Gasteiger partial charge is 0.370 e. The molecule has 0 spiro atoms. The molecule has 0 fully saturated rings. The normalized spacial score (nSPS) is 10.1. The van der Waals surface area contributed by atoms with E-state index in [2.05, 4.69) is 5.32 Å². The lowest BCUT2D eigenvalue weighted by molar-refractivity contribution is -0.122. The van der Waals surface area contributed by atoms with Gasteiger partial charge in [-0.2, -0.15) is 0 Å². The Kier molecular flexibility index (Phi) is 5.26. The standard InChI is InChI=1S/C12H15FN2O3/c1-8-6-9(2-3-10(8)13)12(17)15-4-5-18-7-11(14)16/h2-3,6H,4-5,7H2,1H3,(H2,14,16)(H,15,17). The van der Waals surface area contributed by atoms with Crippen molar-refractivity contribution in [2.24, 2.45) is 5.73 Å². The molecular weight excluding hydrogens is 239 g/mol. The van der Waals surface area contributed by atoms with Crippen LogP contribution in [0.4, 0.5) is 4.39 Å². The Labute approximate surface area is 104 Å². The van der Waals surface area contributed by atoms with Crippen LogP contribution in [0.25, 0.3) is 0 Å². The summed E-state index contributed by atoms with van der Waals surface area (Å²) in [5, 5.41) is 2.58. The number of nitrogens with one attached hydrogen (secondary N) is 1. The molecule has 0 aliphatic rings. The summed E-state index contributed by atoms with van der Waals surface area (Å²) >= 11 is 0. The van der Waals surface area contributed by atoms with Crippen LogP contribution in [-0.4, -0.2) is 31.6 Å². The van der Waals surface area contributed by atoms with E-state index in [4.69, 9.17) is 10.5 Å². The summed E-state index contributed by atoms with van der Waals surface area (Å²) in [7, 11) is 0. The predicted octanol–water partition coefficient (Wildman–Crippen LogP) is 0.366. The zero-order valence-electron chi connectivity index (χ0n) is 10.0. The third-order valence-electron chi connectivity index (χ3n) is 2.20. The van der Waals surface area contributed by atoms with E-state index in [1.807, 2.05) is 0 Å². The molecule has 0 aliphatic carbocycles. The third-order valence-corrected chi connectivity index (χ3v) is 2.20. The van der Waals surface area contributed by atoms with E-state index >= 15 is 0 Å². The van der Waals surface area contributed by atoms with Gasteiger partial charge in [0.2, 0.25) is 5.91 Å². The molecule has 0 radical (unpaired) electrons. The number of carbonyl (C=O) groups is 2. The molecule has 0 aliphatic heterocycles. The maximum Gasteiger partial charge on any atom is 0.251 e. The quantitative estimate of drug-likeness (QED) is 0.719. The average molecular weight is 254 g/mol. The number of primary amides is 1. The van der Waals surface area contributed by atoms with E-state index in [0.717, 1.165) is 0 Å². The number of halogens is 1. The van der Waals surface area contributed by atoms with E-state index in [-0.39, 0.29) is 31.5 Å². The molecule has 98 valence electrons. The van der Waals surface area contributed by atoms with Crippen molar-refractivity contribution in [3.05, 3.63) is 35.1 Å². The summed E-state index contributed by atoms with van der Waals surface area (Å²) in [6.45, 7) is 1.85. The Morgan fingerprint density at radius 2 is 2.17 bits per heavy atom. The van der Waals surface area contributed by atoms with Crippen molar-refractivity contribution < 1.29 is 18.7 Å². The molecule has 18 heavy (non-hydrogen) atoms. The third kappa shape index (κ3) is 4.50. The summed E-state index contributed by atoms with van der Waals surface area (Å²) < 4.78 is 17.9. The van der Waals surface area contributed by atoms with Gasteiger partial charge < -0.3 is 15.8 Å². The first-order valence-corrected chi connectivity index (χ1v) is 5.41. The van der Waals surface area contributed by atoms with Gasteiger partial charge in [-0.1, -0.05) is 0 Å². The number of benzene rings is 1. The molecule has 0 heterocycles. The van der Waals surface area contributed by atoms with Crippen LogP contribution in [0.2, 0.25) is 0 Å². The van der Waals surface area contributed by atoms with Gasteiger partial charge in [0.05, 0.1) is 6.61 Å². The smallest absolute Gasteiger partial charge is 0.251 e. The molecule has 5 nitrogen and oxygen atoms in total. The minimum Gasteiger partial charge on any atom is -0.370 e. The van der Waals surface area contributed by atoms with E-state index in [1.54, 1.807) is 6.92 Å². The summed E-state index contributed by atoms with van der Waals surface area (Å²) in [5.41, 5.74) is 5.66. The minimum atomic E-state index is -0.560. The number of rotatable bonds is 6. The zero-order chi connectivity index (χ0) is 13.5. The van der Waals surface area contributed by atoms with Crippen molar-refractivity contribution in [2.45, 2.75) is 6.92 Å². The highest BCUT2D eigenvalue weighted by Crippen LogP contribution is 2.08. The van der Waals surface area contributed by atoms with E-state index < -0.39 is 5.91 Å². The fourth-order valence-electron chi connectivity index (χ4n) is 1.30. The fourth-order valence-corrected chi connectivity index (χ4v) is 1.30. The average Bonchev–Trinajstić information content (AvgIpc) is 2.31. The fraction of sp³-hybridized carbons (Fsp3) is 0.333. The summed E-state index contributed by atoms with van der Waals surface area (Å²) in [4.78, 5) is 22.0. The molecule has 0 atom stereocenters. The van der Waals surface area contributed by atoms with Crippen molar-refractivity contribution in [3.63, 3.8) is 0 Å². The Bertz CT molecular complexity index is 449. The second-order valence-electron chi connectivity index (χ2n) is 3.74. The van der Waals surface area contributed by atoms with Crippen LogP contribution in [0.1, 0.15) is 15.9 Å². The van der Waals surface area contributed by atoms with Gasteiger partial charge in [0.25, 0.3) is 5.91 Å². The minimum absolute atomic E-state index is 0.175. The Morgan fingerprint density at radius 3 is 2.78 bits per heavy atom. The van der Waals surface area contributed by atoms with Crippen LogP contribution in [0.5, 0.6) is 0 Å². The first kappa shape index (κ1) is 14.1. The van der Waals surface area contributed by atoms with Crippen molar-refractivity contribution >= 4 is 11.8 Å². The Morgan fingerprint density at radius 1 is 1.44 bits per heavy atom. The van der Waals surface area contributed by atoms with Crippen LogP contribution in [0.3, 0.4) is 0 Å². The highest BCUT2D eigenvalue weighted by molar-refractivity contribution is 5.94. The van der Waals surface area contributed by atoms with E-state index in [1.165, 1.54) is 18.2 Å². The molecule has 0 aromatic heterocycles. The first-order chi connectivity index (χ1) is 8.50. The molecule has 0 bridgehead atoms. The highest BCUT2D eigenvalue weighted by atomic mass is 19.1. The summed E-state index contributed by atoms with van der Waals surface area (Å²) in [6, 6.07) is 4.12. The number of hydrogen-bond acceptors (Lipinski definition) is 3. The second kappa shape index (κ2) is 6.70. The number of hydrogen-bond donors (Lipinski definition) is 2. The van der Waals surface area contributed by atoms with E-state index in [0.29, 0.717) is 11.1 Å². The van der Waals surface area contributed by atoms with Gasteiger partial charge in [0.15, 0.2) is 0 Å². The van der Waals surface area contributed by atoms with Crippen molar-refractivity contribution in [2.75, 3.05) is 19.8 Å². The monoisotopic (exact) mass is 254 g/mol. The van der Waals surface area contributed by atoms with Gasteiger partial charge in [-0.15, -0.1) is 0 Å². The predicted molar refractivity (Wildman–Crippen MR) is 63.5 cm³/mol. The van der Waals surface area contributed by atoms with Crippen molar-refractivity contribution in [1.29, 1.82) is 0 Å². The van der Waals surface area contributed by atoms with Gasteiger partial charge in [-0.3, -0.25) is 9.59 Å². The van der Waals surface area contributed by atoms with Crippen LogP contribution in [-0.2, 0) is 9.53 Å². The van der Waals surface area contributed by atoms with Crippen LogP contribution in [0.15, 0.2) is 18.2 Å². The van der Waals surface area contributed by atoms with Crippen LogP contribution < -0.4 is 11.1 Å². The second-order valence-corrected chi connectivity index (χ2v) is 3.74. The molecule has 0 saturated carbocycles. The molecule has 1 aromatic carbocycles. The molecule has 2 amide bonds. The molecule has 6 heteroatoms. The molecule has 1 rings (SSSR count). The molecule has 1 aromatic rings. The van der Waals surface area contributed by atoms with E-state index in [9.17, 15) is 14.0 Å². The van der Waals surface area contributed by atoms with Crippen molar-refractivity contribution in [1.82, 2.24) is 5.32 Å². The highest BCUT2D eigenvalue weighted by Gasteiger charge is 2.07. The first-order valence-electron chi connectivity index (χ1n) is 5.41. The summed E-state index contributed by atoms with van der Waals surface area (Å²) in [6.07, 6.45) is 0. The lowest BCUT2D eigenvalue weighted by Crippen LogP contribution is -2.28. The number of nitrogens with two attached hydrogens (primary N) is 1. The zero-order valence-corrected chi connectivity index (χ0v) is 10.0. The lowest BCUT2D eigenvalue weighted by Gasteiger charge is -2.06. The summed E-state index contributed by atoms with van der Waals surface area (Å²) in [5.74, 6) is -1.23. The van der Waals surface area contributed by atoms with Crippen LogP contribution >= 0.6 is 0 Å². The van der Waals surface area contributed by atoms with Gasteiger partial charge >= 0.3 is 0 Å². The molecule has 3 N–H and O–H groups in total. The van der Waals surface area contributed by atoms with Gasteiger partial charge in [0, 0.05) is 12.1 Å². The van der Waals surface area contributed by atoms with Crippen molar-refractivity contribution in [3.8, 4) is 0 Å². The molecule has 0 saturated heterocycles. The number of ether oxygens (including phenoxy) is 1. The Balaban J connectivity index is 2.36. The van der Waals surface area contributed by atoms with Gasteiger partial charge in [-0.25, -0.2) is 4.39 Å². The topological polar surface area (TPSA) is 81.4 Å². The number of amides is 2. The maximum atomic E-state index is 13.0. The molecule has 0 unspecified atom stereocenters. The molecular formula is C12H15FN2O3. The number of carbonyl (C=O) groups excluding carboxylic acids is 2. The number of aryl methyl sites for hydroxylation is 1. The Hall–Kier alpha value is -1.95. The lowest BCUT2D eigenvalue weighted by atomic mass is 10.1. The maximum absolute atomic E-state index is 13.0.